The van der Waals surface area contributed by atoms with Gasteiger partial charge in [-0.15, -0.1) is 0 Å². The highest BCUT2D eigenvalue weighted by Crippen LogP contribution is 2.12. The molecule has 0 aromatic carbocycles. The minimum absolute atomic E-state index is 0.0117. The predicted octanol–water partition coefficient (Wildman–Crippen LogP) is 2.08. The number of hydrogen-bond acceptors (Lipinski definition) is 3. The van der Waals surface area contributed by atoms with E-state index < -0.39 is 0 Å². The number of rotatable bonds is 5. The van der Waals surface area contributed by atoms with E-state index in [-0.39, 0.29) is 11.8 Å². The van der Waals surface area contributed by atoms with Crippen LogP contribution in [0.25, 0.3) is 0 Å². The number of thiocarbonyl (C=S) groups is 1. The summed E-state index contributed by atoms with van der Waals surface area (Å²) in [5, 5.41) is 0. The van der Waals surface area contributed by atoms with Gasteiger partial charge in [0.15, 0.2) is 0 Å². The molecule has 0 saturated heterocycles. The van der Waals surface area contributed by atoms with Crippen LogP contribution < -0.4 is 5.73 Å². The van der Waals surface area contributed by atoms with Crippen LogP contribution in [0, 0.1) is 19.8 Å². The maximum atomic E-state index is 12.5. The SMILES string of the molecule is CCN(CC(C)C(N)=S)C(=O)c1ccc(C)nc1C. The van der Waals surface area contributed by atoms with Crippen molar-refractivity contribution in [2.45, 2.75) is 27.7 Å². The number of nitrogens with two attached hydrogens (primary N) is 1. The Kier molecular flexibility index (Phi) is 5.42. The van der Waals surface area contributed by atoms with Crippen LogP contribution in [0.4, 0.5) is 0 Å². The molecule has 0 aliphatic heterocycles. The third kappa shape index (κ3) is 3.99. The second-order valence-corrected chi connectivity index (χ2v) is 5.20. The molecular formula is C14H21N3OS. The highest BCUT2D eigenvalue weighted by molar-refractivity contribution is 7.80. The van der Waals surface area contributed by atoms with E-state index in [0.29, 0.717) is 23.6 Å². The molecule has 1 atom stereocenters. The molecule has 1 aromatic rings. The Morgan fingerprint density at radius 1 is 1.47 bits per heavy atom. The van der Waals surface area contributed by atoms with Gasteiger partial charge in [0, 0.05) is 24.7 Å². The van der Waals surface area contributed by atoms with E-state index in [4.69, 9.17) is 18.0 Å². The lowest BCUT2D eigenvalue weighted by atomic mass is 10.1. The first-order valence-corrected chi connectivity index (χ1v) is 6.80. The van der Waals surface area contributed by atoms with Crippen LogP contribution in [0.5, 0.6) is 0 Å². The van der Waals surface area contributed by atoms with Crippen molar-refractivity contribution in [1.29, 1.82) is 0 Å². The Hall–Kier alpha value is -1.49. The molecule has 1 amide bonds. The minimum Gasteiger partial charge on any atom is -0.393 e. The largest absolute Gasteiger partial charge is 0.393 e. The quantitative estimate of drug-likeness (QED) is 0.838. The van der Waals surface area contributed by atoms with Crippen molar-refractivity contribution in [2.75, 3.05) is 13.1 Å². The first-order valence-electron chi connectivity index (χ1n) is 6.39. The average molecular weight is 279 g/mol. The minimum atomic E-state index is -0.0180. The lowest BCUT2D eigenvalue weighted by Gasteiger charge is -2.24. The van der Waals surface area contributed by atoms with Crippen molar-refractivity contribution in [3.63, 3.8) is 0 Å². The number of hydrogen-bond donors (Lipinski definition) is 1. The van der Waals surface area contributed by atoms with E-state index in [1.807, 2.05) is 39.8 Å². The van der Waals surface area contributed by atoms with Crippen LogP contribution in [0.3, 0.4) is 0 Å². The van der Waals surface area contributed by atoms with Gasteiger partial charge in [-0.1, -0.05) is 19.1 Å². The Balaban J connectivity index is 2.92. The third-order valence-electron chi connectivity index (χ3n) is 3.10. The van der Waals surface area contributed by atoms with Gasteiger partial charge in [0.2, 0.25) is 0 Å². The molecule has 1 rings (SSSR count). The zero-order chi connectivity index (χ0) is 14.6. The number of carbonyl (C=O) groups is 1. The molecule has 1 heterocycles. The summed E-state index contributed by atoms with van der Waals surface area (Å²) in [7, 11) is 0. The van der Waals surface area contributed by atoms with E-state index in [0.717, 1.165) is 11.4 Å². The molecule has 4 nitrogen and oxygen atoms in total. The summed E-state index contributed by atoms with van der Waals surface area (Å²) in [6, 6.07) is 3.68. The third-order valence-corrected chi connectivity index (χ3v) is 3.51. The monoisotopic (exact) mass is 279 g/mol. The van der Waals surface area contributed by atoms with E-state index in [2.05, 4.69) is 4.98 Å². The fourth-order valence-electron chi connectivity index (χ4n) is 1.86. The summed E-state index contributed by atoms with van der Waals surface area (Å²) in [5.74, 6) is -0.00628. The zero-order valence-corrected chi connectivity index (χ0v) is 12.8. The maximum absolute atomic E-state index is 12.5. The van der Waals surface area contributed by atoms with Gasteiger partial charge in [0.1, 0.15) is 0 Å². The molecule has 0 spiro atoms. The van der Waals surface area contributed by atoms with Crippen molar-refractivity contribution in [3.05, 3.63) is 29.1 Å². The number of aromatic nitrogens is 1. The molecule has 0 radical (unpaired) electrons. The fraction of sp³-hybridized carbons (Fsp3) is 0.500. The van der Waals surface area contributed by atoms with E-state index >= 15 is 0 Å². The first kappa shape index (κ1) is 15.6. The molecule has 0 aliphatic carbocycles. The first-order chi connectivity index (χ1) is 8.86. The smallest absolute Gasteiger partial charge is 0.255 e. The van der Waals surface area contributed by atoms with Crippen LogP contribution in [-0.2, 0) is 0 Å². The lowest BCUT2D eigenvalue weighted by Crippen LogP contribution is -2.38. The Labute approximate surface area is 120 Å². The van der Waals surface area contributed by atoms with Crippen LogP contribution in [-0.4, -0.2) is 33.9 Å². The highest BCUT2D eigenvalue weighted by atomic mass is 32.1. The predicted molar refractivity (Wildman–Crippen MR) is 81.2 cm³/mol. The fourth-order valence-corrected chi connectivity index (χ4v) is 1.93. The number of aryl methyl sites for hydroxylation is 2. The Morgan fingerprint density at radius 2 is 2.11 bits per heavy atom. The summed E-state index contributed by atoms with van der Waals surface area (Å²) >= 11 is 4.96. The molecule has 19 heavy (non-hydrogen) atoms. The van der Waals surface area contributed by atoms with Crippen LogP contribution >= 0.6 is 12.2 Å². The molecule has 2 N–H and O–H groups in total. The molecule has 0 bridgehead atoms. The van der Waals surface area contributed by atoms with Crippen molar-refractivity contribution in [3.8, 4) is 0 Å². The van der Waals surface area contributed by atoms with Gasteiger partial charge in [-0.2, -0.15) is 0 Å². The lowest BCUT2D eigenvalue weighted by molar-refractivity contribution is 0.0753. The normalized spacial score (nSPS) is 12.0. The molecule has 1 aromatic heterocycles. The molecular weight excluding hydrogens is 258 g/mol. The van der Waals surface area contributed by atoms with Crippen LogP contribution in [0.2, 0.25) is 0 Å². The second-order valence-electron chi connectivity index (χ2n) is 4.73. The van der Waals surface area contributed by atoms with Gasteiger partial charge in [0.25, 0.3) is 5.91 Å². The van der Waals surface area contributed by atoms with E-state index in [1.54, 1.807) is 4.90 Å². The van der Waals surface area contributed by atoms with Gasteiger partial charge in [0.05, 0.1) is 16.2 Å². The van der Waals surface area contributed by atoms with Crippen molar-refractivity contribution >= 4 is 23.1 Å². The number of carbonyl (C=O) groups excluding carboxylic acids is 1. The summed E-state index contributed by atoms with van der Waals surface area (Å²) < 4.78 is 0. The average Bonchev–Trinajstić information content (AvgIpc) is 2.34. The van der Waals surface area contributed by atoms with Gasteiger partial charge in [-0.3, -0.25) is 9.78 Å². The summed E-state index contributed by atoms with van der Waals surface area (Å²) in [4.78, 5) is 19.0. The number of amides is 1. The van der Waals surface area contributed by atoms with E-state index in [9.17, 15) is 4.79 Å². The summed E-state index contributed by atoms with van der Waals surface area (Å²) in [6.45, 7) is 8.80. The Bertz CT molecular complexity index is 488. The highest BCUT2D eigenvalue weighted by Gasteiger charge is 2.19. The van der Waals surface area contributed by atoms with Gasteiger partial charge in [-0.05, 0) is 32.9 Å². The molecule has 1 unspecified atom stereocenters. The topological polar surface area (TPSA) is 59.2 Å². The van der Waals surface area contributed by atoms with Crippen molar-refractivity contribution in [1.82, 2.24) is 9.88 Å². The van der Waals surface area contributed by atoms with Crippen molar-refractivity contribution < 1.29 is 4.79 Å². The van der Waals surface area contributed by atoms with Crippen molar-refractivity contribution in [2.24, 2.45) is 11.7 Å². The number of pyridine rings is 1. The molecule has 0 aliphatic rings. The van der Waals surface area contributed by atoms with Gasteiger partial charge >= 0.3 is 0 Å². The molecule has 5 heteroatoms. The molecule has 0 fully saturated rings. The number of nitrogens with zero attached hydrogens (tertiary/aromatic N) is 2. The standard InChI is InChI=1S/C14H21N3OS/c1-5-17(8-9(2)13(15)19)14(18)12-7-6-10(3)16-11(12)4/h6-7,9H,5,8H2,1-4H3,(H2,15,19). The Morgan fingerprint density at radius 3 is 2.58 bits per heavy atom. The van der Waals surface area contributed by atoms with Crippen LogP contribution in [0.15, 0.2) is 12.1 Å². The van der Waals surface area contributed by atoms with Gasteiger partial charge < -0.3 is 10.6 Å². The van der Waals surface area contributed by atoms with Gasteiger partial charge in [-0.25, -0.2) is 0 Å². The molecule has 0 saturated carbocycles. The summed E-state index contributed by atoms with van der Waals surface area (Å²) in [5.41, 5.74) is 7.92. The maximum Gasteiger partial charge on any atom is 0.255 e. The second kappa shape index (κ2) is 6.61. The van der Waals surface area contributed by atoms with Crippen LogP contribution in [0.1, 0.15) is 35.6 Å². The summed E-state index contributed by atoms with van der Waals surface area (Å²) in [6.07, 6.45) is 0. The van der Waals surface area contributed by atoms with E-state index in [1.165, 1.54) is 0 Å². The zero-order valence-electron chi connectivity index (χ0n) is 11.9. The molecule has 104 valence electrons.